The van der Waals surface area contributed by atoms with Crippen molar-refractivity contribution in [3.8, 4) is 0 Å². The number of hydrogen-bond acceptors (Lipinski definition) is 3. The molecule has 6 heteroatoms. The Balaban J connectivity index is 2.29. The number of amides is 1. The van der Waals surface area contributed by atoms with E-state index in [4.69, 9.17) is 0 Å². The van der Waals surface area contributed by atoms with Crippen LogP contribution in [0.5, 0.6) is 0 Å². The van der Waals surface area contributed by atoms with Gasteiger partial charge in [-0.3, -0.25) is 4.79 Å². The summed E-state index contributed by atoms with van der Waals surface area (Å²) in [5.41, 5.74) is 3.01. The van der Waals surface area contributed by atoms with Gasteiger partial charge in [-0.25, -0.2) is 8.42 Å². The van der Waals surface area contributed by atoms with Crippen molar-refractivity contribution < 1.29 is 13.2 Å². The van der Waals surface area contributed by atoms with Crippen LogP contribution in [0, 0.1) is 13.8 Å². The largest absolute Gasteiger partial charge is 0.322 e. The monoisotopic (exact) mass is 360 g/mol. The van der Waals surface area contributed by atoms with E-state index in [2.05, 4.69) is 5.32 Å². The highest BCUT2D eigenvalue weighted by Gasteiger charge is 2.21. The first-order valence-electron chi connectivity index (χ1n) is 8.27. The van der Waals surface area contributed by atoms with Crippen LogP contribution in [0.15, 0.2) is 47.4 Å². The lowest BCUT2D eigenvalue weighted by Gasteiger charge is -2.18. The summed E-state index contributed by atoms with van der Waals surface area (Å²) in [4.78, 5) is 12.6. The predicted octanol–water partition coefficient (Wildman–Crippen LogP) is 3.59. The summed E-state index contributed by atoms with van der Waals surface area (Å²) >= 11 is 0. The van der Waals surface area contributed by atoms with Gasteiger partial charge in [0.05, 0.1) is 4.90 Å². The fourth-order valence-corrected chi connectivity index (χ4v) is 4.26. The van der Waals surface area contributed by atoms with Crippen molar-refractivity contribution in [3.05, 3.63) is 59.2 Å². The van der Waals surface area contributed by atoms with Gasteiger partial charge in [0.15, 0.2) is 0 Å². The summed E-state index contributed by atoms with van der Waals surface area (Å²) in [5, 5.41) is 2.78. The third-order valence-corrected chi connectivity index (χ3v) is 5.96. The maximum Gasteiger partial charge on any atom is 0.255 e. The Bertz CT molecular complexity index is 852. The first kappa shape index (κ1) is 19.1. The summed E-state index contributed by atoms with van der Waals surface area (Å²) in [7, 11) is -3.56. The molecule has 1 N–H and O–H groups in total. The molecule has 0 aliphatic rings. The number of benzene rings is 2. The van der Waals surface area contributed by atoms with E-state index in [0.717, 1.165) is 11.1 Å². The van der Waals surface area contributed by atoms with E-state index in [1.54, 1.807) is 44.2 Å². The average molecular weight is 360 g/mol. The number of anilines is 1. The van der Waals surface area contributed by atoms with Crippen molar-refractivity contribution in [2.75, 3.05) is 18.4 Å². The predicted molar refractivity (Wildman–Crippen MR) is 100 cm³/mol. The van der Waals surface area contributed by atoms with Crippen LogP contribution < -0.4 is 5.32 Å². The standard InChI is InChI=1S/C19H24N2O3S/c1-5-21(6-2)25(23,24)18-9-7-8-17(13-18)20-19(22)16-11-14(3)10-15(4)12-16/h7-13H,5-6H2,1-4H3,(H,20,22). The molecule has 0 saturated carbocycles. The molecule has 0 aliphatic carbocycles. The minimum Gasteiger partial charge on any atom is -0.322 e. The van der Waals surface area contributed by atoms with E-state index >= 15 is 0 Å². The summed E-state index contributed by atoms with van der Waals surface area (Å²) < 4.78 is 26.6. The van der Waals surface area contributed by atoms with Crippen LogP contribution in [0.3, 0.4) is 0 Å². The topological polar surface area (TPSA) is 66.5 Å². The van der Waals surface area contributed by atoms with Gasteiger partial charge in [0.2, 0.25) is 10.0 Å². The molecular formula is C19H24N2O3S. The van der Waals surface area contributed by atoms with E-state index in [-0.39, 0.29) is 10.8 Å². The number of hydrogen-bond donors (Lipinski definition) is 1. The molecule has 0 spiro atoms. The lowest BCUT2D eigenvalue weighted by molar-refractivity contribution is 0.102. The molecule has 25 heavy (non-hydrogen) atoms. The van der Waals surface area contributed by atoms with E-state index in [1.807, 2.05) is 19.9 Å². The zero-order valence-corrected chi connectivity index (χ0v) is 15.9. The van der Waals surface area contributed by atoms with Crippen LogP contribution in [0.25, 0.3) is 0 Å². The molecule has 2 aromatic carbocycles. The molecule has 1 amide bonds. The van der Waals surface area contributed by atoms with Crippen LogP contribution in [0.2, 0.25) is 0 Å². The maximum atomic E-state index is 12.6. The molecule has 0 unspecified atom stereocenters. The molecule has 2 aromatic rings. The van der Waals surface area contributed by atoms with Gasteiger partial charge in [0, 0.05) is 24.3 Å². The van der Waals surface area contributed by atoms with Crippen molar-refractivity contribution in [2.45, 2.75) is 32.6 Å². The Morgan fingerprint density at radius 2 is 1.60 bits per heavy atom. The molecule has 2 rings (SSSR count). The summed E-state index contributed by atoms with van der Waals surface area (Å²) in [6.45, 7) is 8.26. The average Bonchev–Trinajstić information content (AvgIpc) is 2.55. The first-order valence-corrected chi connectivity index (χ1v) is 9.71. The molecule has 0 atom stereocenters. The minimum absolute atomic E-state index is 0.175. The Morgan fingerprint density at radius 3 is 2.16 bits per heavy atom. The van der Waals surface area contributed by atoms with E-state index in [9.17, 15) is 13.2 Å². The van der Waals surface area contributed by atoms with Crippen molar-refractivity contribution in [2.24, 2.45) is 0 Å². The van der Waals surface area contributed by atoms with Gasteiger partial charge in [0.1, 0.15) is 0 Å². The van der Waals surface area contributed by atoms with Gasteiger partial charge < -0.3 is 5.32 Å². The molecule has 0 aromatic heterocycles. The second kappa shape index (κ2) is 7.80. The van der Waals surface area contributed by atoms with Crippen LogP contribution >= 0.6 is 0 Å². The minimum atomic E-state index is -3.56. The summed E-state index contributed by atoms with van der Waals surface area (Å²) in [5.74, 6) is -0.260. The number of rotatable bonds is 6. The van der Waals surface area contributed by atoms with Gasteiger partial charge in [-0.15, -0.1) is 0 Å². The lowest BCUT2D eigenvalue weighted by Crippen LogP contribution is -2.30. The molecular weight excluding hydrogens is 336 g/mol. The van der Waals surface area contributed by atoms with Crippen LogP contribution in [-0.4, -0.2) is 31.7 Å². The molecule has 0 heterocycles. The van der Waals surface area contributed by atoms with Gasteiger partial charge in [-0.05, 0) is 44.2 Å². The molecule has 0 radical (unpaired) electrons. The molecule has 134 valence electrons. The lowest BCUT2D eigenvalue weighted by atomic mass is 10.1. The highest BCUT2D eigenvalue weighted by Crippen LogP contribution is 2.20. The smallest absolute Gasteiger partial charge is 0.255 e. The van der Waals surface area contributed by atoms with Crippen LogP contribution in [0.4, 0.5) is 5.69 Å². The second-order valence-electron chi connectivity index (χ2n) is 5.95. The third-order valence-electron chi connectivity index (χ3n) is 3.92. The highest BCUT2D eigenvalue weighted by molar-refractivity contribution is 7.89. The second-order valence-corrected chi connectivity index (χ2v) is 7.89. The van der Waals surface area contributed by atoms with Gasteiger partial charge in [-0.1, -0.05) is 37.1 Å². The number of nitrogens with zero attached hydrogens (tertiary/aromatic N) is 1. The molecule has 0 aliphatic heterocycles. The van der Waals surface area contributed by atoms with E-state index in [1.165, 1.54) is 10.4 Å². The fourth-order valence-electron chi connectivity index (χ4n) is 2.76. The van der Waals surface area contributed by atoms with Crippen molar-refractivity contribution >= 4 is 21.6 Å². The molecule has 0 fully saturated rings. The van der Waals surface area contributed by atoms with Crippen molar-refractivity contribution in [1.82, 2.24) is 4.31 Å². The zero-order valence-electron chi connectivity index (χ0n) is 15.0. The molecule has 0 bridgehead atoms. The zero-order chi connectivity index (χ0) is 18.6. The number of carbonyl (C=O) groups excluding carboxylic acids is 1. The Labute approximate surface area is 149 Å². The van der Waals surface area contributed by atoms with Crippen molar-refractivity contribution in [1.29, 1.82) is 0 Å². The Morgan fingerprint density at radius 1 is 1.00 bits per heavy atom. The fraction of sp³-hybridized carbons (Fsp3) is 0.316. The Hall–Kier alpha value is -2.18. The van der Waals surface area contributed by atoms with Gasteiger partial charge >= 0.3 is 0 Å². The van der Waals surface area contributed by atoms with Crippen LogP contribution in [0.1, 0.15) is 35.3 Å². The maximum absolute atomic E-state index is 12.6. The normalized spacial score (nSPS) is 11.6. The highest BCUT2D eigenvalue weighted by atomic mass is 32.2. The van der Waals surface area contributed by atoms with Gasteiger partial charge in [0.25, 0.3) is 5.91 Å². The number of nitrogens with one attached hydrogen (secondary N) is 1. The summed E-state index contributed by atoms with van der Waals surface area (Å²) in [6, 6.07) is 12.0. The number of aryl methyl sites for hydroxylation is 2. The number of carbonyl (C=O) groups is 1. The van der Waals surface area contributed by atoms with Crippen LogP contribution in [-0.2, 0) is 10.0 Å². The van der Waals surface area contributed by atoms with Gasteiger partial charge in [-0.2, -0.15) is 4.31 Å². The quantitative estimate of drug-likeness (QED) is 0.856. The SMILES string of the molecule is CCN(CC)S(=O)(=O)c1cccc(NC(=O)c2cc(C)cc(C)c2)c1. The molecule has 5 nitrogen and oxygen atoms in total. The number of sulfonamides is 1. The van der Waals surface area contributed by atoms with E-state index in [0.29, 0.717) is 24.3 Å². The van der Waals surface area contributed by atoms with E-state index < -0.39 is 10.0 Å². The molecule has 0 saturated heterocycles. The summed E-state index contributed by atoms with van der Waals surface area (Å²) in [6.07, 6.45) is 0. The Kier molecular flexibility index (Phi) is 5.98. The van der Waals surface area contributed by atoms with Crippen molar-refractivity contribution in [3.63, 3.8) is 0 Å². The first-order chi connectivity index (χ1) is 11.8. The third kappa shape index (κ3) is 4.46.